The van der Waals surface area contributed by atoms with Gasteiger partial charge in [-0.1, -0.05) is 12.1 Å². The van der Waals surface area contributed by atoms with E-state index in [-0.39, 0.29) is 0 Å². The molecule has 0 unspecified atom stereocenters. The van der Waals surface area contributed by atoms with Gasteiger partial charge in [-0.2, -0.15) is 0 Å². The molecule has 1 atom stereocenters. The Hall–Kier alpha value is -2.40. The van der Waals surface area contributed by atoms with E-state index in [0.717, 1.165) is 16.9 Å². The summed E-state index contributed by atoms with van der Waals surface area (Å²) in [5.41, 5.74) is 1.86. The van der Waals surface area contributed by atoms with Gasteiger partial charge in [-0.05, 0) is 24.1 Å². The summed E-state index contributed by atoms with van der Waals surface area (Å²) in [7, 11) is 6.40. The number of hydrogen-bond donors (Lipinski definition) is 1. The lowest BCUT2D eigenvalue weighted by molar-refractivity contribution is 0.173. The highest BCUT2D eigenvalue weighted by Crippen LogP contribution is 2.35. The van der Waals surface area contributed by atoms with Crippen molar-refractivity contribution >= 4 is 0 Å². The number of ether oxygens (including phenoxy) is 4. The van der Waals surface area contributed by atoms with E-state index in [4.69, 9.17) is 18.9 Å². The Balaban J connectivity index is 2.16. The highest BCUT2D eigenvalue weighted by atomic mass is 16.5. The van der Waals surface area contributed by atoms with Crippen molar-refractivity contribution in [3.05, 3.63) is 47.5 Å². The van der Waals surface area contributed by atoms with Gasteiger partial charge in [0.1, 0.15) is 23.0 Å². The van der Waals surface area contributed by atoms with Gasteiger partial charge >= 0.3 is 0 Å². The van der Waals surface area contributed by atoms with Crippen LogP contribution in [0.25, 0.3) is 0 Å². The predicted octanol–water partition coefficient (Wildman–Crippen LogP) is 2.87. The standard InChI is InChI=1S/C19H24O5/c1-21-15-7-5-13(6-8-15)9-14(20)10-17-18(23-3)11-16(22-2)12-19(17)24-4/h5-8,11-12,14,20H,9-10H2,1-4H3/t14-/m0/s1. The van der Waals surface area contributed by atoms with Crippen molar-refractivity contribution in [2.45, 2.75) is 18.9 Å². The largest absolute Gasteiger partial charge is 0.497 e. The van der Waals surface area contributed by atoms with Crippen LogP contribution in [-0.4, -0.2) is 39.6 Å². The number of rotatable bonds is 8. The molecule has 0 heterocycles. The van der Waals surface area contributed by atoms with Crippen molar-refractivity contribution in [3.8, 4) is 23.0 Å². The summed E-state index contributed by atoms with van der Waals surface area (Å²) in [5.74, 6) is 2.73. The maximum atomic E-state index is 10.5. The summed E-state index contributed by atoms with van der Waals surface area (Å²) >= 11 is 0. The molecule has 1 N–H and O–H groups in total. The zero-order valence-corrected chi connectivity index (χ0v) is 14.5. The van der Waals surface area contributed by atoms with Crippen LogP contribution in [-0.2, 0) is 12.8 Å². The number of hydrogen-bond acceptors (Lipinski definition) is 5. The van der Waals surface area contributed by atoms with Gasteiger partial charge in [0, 0.05) is 24.1 Å². The fourth-order valence-corrected chi connectivity index (χ4v) is 2.62. The van der Waals surface area contributed by atoms with E-state index in [2.05, 4.69) is 0 Å². The average molecular weight is 332 g/mol. The van der Waals surface area contributed by atoms with Crippen molar-refractivity contribution < 1.29 is 24.1 Å². The van der Waals surface area contributed by atoms with Gasteiger partial charge in [-0.15, -0.1) is 0 Å². The molecular weight excluding hydrogens is 308 g/mol. The fraction of sp³-hybridized carbons (Fsp3) is 0.368. The minimum atomic E-state index is -0.561. The molecule has 0 aliphatic rings. The van der Waals surface area contributed by atoms with Gasteiger partial charge in [0.2, 0.25) is 0 Å². The van der Waals surface area contributed by atoms with Crippen molar-refractivity contribution in [2.24, 2.45) is 0 Å². The lowest BCUT2D eigenvalue weighted by Gasteiger charge is -2.18. The van der Waals surface area contributed by atoms with Crippen LogP contribution in [0.3, 0.4) is 0 Å². The Morgan fingerprint density at radius 3 is 1.75 bits per heavy atom. The Morgan fingerprint density at radius 2 is 1.29 bits per heavy atom. The van der Waals surface area contributed by atoms with Crippen LogP contribution in [0.15, 0.2) is 36.4 Å². The summed E-state index contributed by atoms with van der Waals surface area (Å²) in [4.78, 5) is 0. The smallest absolute Gasteiger partial charge is 0.129 e. The van der Waals surface area contributed by atoms with E-state index in [1.54, 1.807) is 40.6 Å². The Morgan fingerprint density at radius 1 is 0.750 bits per heavy atom. The molecule has 0 amide bonds. The van der Waals surface area contributed by atoms with Crippen molar-refractivity contribution in [2.75, 3.05) is 28.4 Å². The topological polar surface area (TPSA) is 57.2 Å². The first-order chi connectivity index (χ1) is 11.6. The van der Waals surface area contributed by atoms with E-state index >= 15 is 0 Å². The third-order valence-electron chi connectivity index (χ3n) is 3.89. The zero-order valence-electron chi connectivity index (χ0n) is 14.5. The molecular formula is C19H24O5. The summed E-state index contributed by atoms with van der Waals surface area (Å²) in [6.07, 6.45) is 0.389. The minimum absolute atomic E-state index is 0.419. The van der Waals surface area contributed by atoms with Gasteiger partial charge in [-0.3, -0.25) is 0 Å². The van der Waals surface area contributed by atoms with Crippen molar-refractivity contribution in [3.63, 3.8) is 0 Å². The first-order valence-electron chi connectivity index (χ1n) is 7.71. The Bertz CT molecular complexity index is 626. The first-order valence-corrected chi connectivity index (χ1v) is 7.71. The molecule has 0 spiro atoms. The second-order valence-corrected chi connectivity index (χ2v) is 5.42. The van der Waals surface area contributed by atoms with E-state index in [1.165, 1.54) is 0 Å². The van der Waals surface area contributed by atoms with Crippen molar-refractivity contribution in [1.29, 1.82) is 0 Å². The highest BCUT2D eigenvalue weighted by molar-refractivity contribution is 5.51. The molecule has 0 saturated heterocycles. The quantitative estimate of drug-likeness (QED) is 0.805. The highest BCUT2D eigenvalue weighted by Gasteiger charge is 2.17. The summed E-state index contributed by atoms with van der Waals surface area (Å²) in [6, 6.07) is 11.2. The molecule has 0 aliphatic heterocycles. The molecule has 0 fully saturated rings. The maximum absolute atomic E-state index is 10.5. The van der Waals surface area contributed by atoms with Crippen LogP contribution in [0.1, 0.15) is 11.1 Å². The molecule has 2 aromatic carbocycles. The van der Waals surface area contributed by atoms with Gasteiger partial charge < -0.3 is 24.1 Å². The third kappa shape index (κ3) is 4.32. The molecule has 5 nitrogen and oxygen atoms in total. The van der Waals surface area contributed by atoms with Crippen LogP contribution in [0.4, 0.5) is 0 Å². The molecule has 130 valence electrons. The second kappa shape index (κ2) is 8.45. The zero-order chi connectivity index (χ0) is 17.5. The van der Waals surface area contributed by atoms with Crippen LogP contribution < -0.4 is 18.9 Å². The van der Waals surface area contributed by atoms with Gasteiger partial charge in [0.15, 0.2) is 0 Å². The molecule has 0 radical (unpaired) electrons. The first kappa shape index (κ1) is 17.9. The summed E-state index contributed by atoms with van der Waals surface area (Å²) in [5, 5.41) is 10.5. The molecule has 0 bridgehead atoms. The molecule has 0 aromatic heterocycles. The lowest BCUT2D eigenvalue weighted by Crippen LogP contribution is -2.15. The predicted molar refractivity (Wildman–Crippen MR) is 92.5 cm³/mol. The van der Waals surface area contributed by atoms with Gasteiger partial charge in [0.25, 0.3) is 0 Å². The molecule has 24 heavy (non-hydrogen) atoms. The number of benzene rings is 2. The number of aliphatic hydroxyl groups excluding tert-OH is 1. The molecule has 0 saturated carbocycles. The lowest BCUT2D eigenvalue weighted by atomic mass is 9.99. The van der Waals surface area contributed by atoms with Crippen LogP contribution in [0.5, 0.6) is 23.0 Å². The Labute approximate surface area is 142 Å². The Kier molecular flexibility index (Phi) is 6.32. The monoisotopic (exact) mass is 332 g/mol. The number of aliphatic hydroxyl groups is 1. The normalized spacial score (nSPS) is 11.7. The molecule has 0 aliphatic carbocycles. The maximum Gasteiger partial charge on any atom is 0.129 e. The van der Waals surface area contributed by atoms with E-state index in [9.17, 15) is 5.11 Å². The van der Waals surface area contributed by atoms with Gasteiger partial charge in [-0.25, -0.2) is 0 Å². The molecule has 2 aromatic rings. The average Bonchev–Trinajstić information content (AvgIpc) is 2.62. The van der Waals surface area contributed by atoms with Gasteiger partial charge in [0.05, 0.1) is 34.5 Å². The minimum Gasteiger partial charge on any atom is -0.497 e. The van der Waals surface area contributed by atoms with E-state index in [1.807, 2.05) is 24.3 Å². The van der Waals surface area contributed by atoms with E-state index < -0.39 is 6.10 Å². The van der Waals surface area contributed by atoms with Crippen LogP contribution in [0, 0.1) is 0 Å². The summed E-state index contributed by atoms with van der Waals surface area (Å²) < 4.78 is 21.2. The van der Waals surface area contributed by atoms with Crippen LogP contribution in [0.2, 0.25) is 0 Å². The molecule has 2 rings (SSSR count). The second-order valence-electron chi connectivity index (χ2n) is 5.42. The third-order valence-corrected chi connectivity index (χ3v) is 3.89. The number of methoxy groups -OCH3 is 4. The van der Waals surface area contributed by atoms with Crippen LogP contribution >= 0.6 is 0 Å². The molecule has 5 heteroatoms. The fourth-order valence-electron chi connectivity index (χ4n) is 2.62. The van der Waals surface area contributed by atoms with E-state index in [0.29, 0.717) is 30.1 Å². The summed E-state index contributed by atoms with van der Waals surface area (Å²) in [6.45, 7) is 0. The SMILES string of the molecule is COc1ccc(C[C@H](O)Cc2c(OC)cc(OC)cc2OC)cc1. The van der Waals surface area contributed by atoms with Crippen molar-refractivity contribution in [1.82, 2.24) is 0 Å².